The van der Waals surface area contributed by atoms with Crippen molar-refractivity contribution in [2.75, 3.05) is 13.6 Å². The first-order valence-electron chi connectivity index (χ1n) is 6.85. The van der Waals surface area contributed by atoms with Crippen LogP contribution < -0.4 is 10.6 Å². The van der Waals surface area contributed by atoms with Crippen LogP contribution in [0.5, 0.6) is 0 Å². The normalized spacial score (nSPS) is 13.4. The Kier molecular flexibility index (Phi) is 6.79. The van der Waals surface area contributed by atoms with Crippen molar-refractivity contribution in [2.24, 2.45) is 10.9 Å². The van der Waals surface area contributed by atoms with Crippen molar-refractivity contribution in [1.29, 1.82) is 0 Å². The van der Waals surface area contributed by atoms with Crippen molar-refractivity contribution >= 4 is 17.6 Å². The summed E-state index contributed by atoms with van der Waals surface area (Å²) in [7, 11) is 1.72. The molecule has 3 nitrogen and oxygen atoms in total. The van der Waals surface area contributed by atoms with E-state index in [0.29, 0.717) is 35.5 Å². The van der Waals surface area contributed by atoms with Gasteiger partial charge in [0.1, 0.15) is 5.82 Å². The SMILES string of the molecule is CN=C(NCCc1c(F)cccc1Cl)NC(C)C(C)C. The van der Waals surface area contributed by atoms with Crippen LogP contribution in [0.15, 0.2) is 23.2 Å². The summed E-state index contributed by atoms with van der Waals surface area (Å²) in [6, 6.07) is 5.06. The lowest BCUT2D eigenvalue weighted by atomic mass is 10.1. The predicted octanol–water partition coefficient (Wildman–Crippen LogP) is 3.23. The van der Waals surface area contributed by atoms with Gasteiger partial charge >= 0.3 is 0 Å². The Bertz CT molecular complexity index is 440. The van der Waals surface area contributed by atoms with Crippen molar-refractivity contribution in [3.8, 4) is 0 Å². The summed E-state index contributed by atoms with van der Waals surface area (Å²) < 4.78 is 13.6. The highest BCUT2D eigenvalue weighted by Crippen LogP contribution is 2.18. The van der Waals surface area contributed by atoms with Gasteiger partial charge in [0.2, 0.25) is 0 Å². The fourth-order valence-corrected chi connectivity index (χ4v) is 1.91. The highest BCUT2D eigenvalue weighted by atomic mass is 35.5. The lowest BCUT2D eigenvalue weighted by molar-refractivity contribution is 0.481. The Morgan fingerprint density at radius 1 is 1.35 bits per heavy atom. The van der Waals surface area contributed by atoms with Crippen LogP contribution in [-0.4, -0.2) is 25.6 Å². The number of aliphatic imine (C=N–C) groups is 1. The average molecular weight is 300 g/mol. The van der Waals surface area contributed by atoms with Crippen LogP contribution in [0, 0.1) is 11.7 Å². The van der Waals surface area contributed by atoms with Crippen LogP contribution in [0.1, 0.15) is 26.3 Å². The minimum Gasteiger partial charge on any atom is -0.356 e. The molecule has 0 saturated heterocycles. The minimum absolute atomic E-state index is 0.266. The summed E-state index contributed by atoms with van der Waals surface area (Å²) in [6.45, 7) is 6.96. The molecular weight excluding hydrogens is 277 g/mol. The van der Waals surface area contributed by atoms with Gasteiger partial charge in [-0.05, 0) is 31.4 Å². The molecule has 0 spiro atoms. The first-order valence-corrected chi connectivity index (χ1v) is 7.23. The summed E-state index contributed by atoms with van der Waals surface area (Å²) in [5.41, 5.74) is 0.536. The number of hydrogen-bond acceptors (Lipinski definition) is 1. The number of nitrogens with zero attached hydrogens (tertiary/aromatic N) is 1. The van der Waals surface area contributed by atoms with Crippen molar-refractivity contribution < 1.29 is 4.39 Å². The monoisotopic (exact) mass is 299 g/mol. The molecule has 0 saturated carbocycles. The molecule has 112 valence electrons. The molecule has 0 aliphatic rings. The van der Waals surface area contributed by atoms with Crippen molar-refractivity contribution in [3.63, 3.8) is 0 Å². The van der Waals surface area contributed by atoms with E-state index in [9.17, 15) is 4.39 Å². The Labute approximate surface area is 125 Å². The van der Waals surface area contributed by atoms with E-state index in [1.54, 1.807) is 19.2 Å². The zero-order valence-electron chi connectivity index (χ0n) is 12.5. The van der Waals surface area contributed by atoms with Gasteiger partial charge in [-0.1, -0.05) is 31.5 Å². The molecule has 1 aromatic carbocycles. The summed E-state index contributed by atoms with van der Waals surface area (Å²) in [5.74, 6) is 0.964. The van der Waals surface area contributed by atoms with E-state index in [1.165, 1.54) is 6.07 Å². The van der Waals surface area contributed by atoms with Gasteiger partial charge in [-0.25, -0.2) is 4.39 Å². The highest BCUT2D eigenvalue weighted by Gasteiger charge is 2.10. The number of nitrogens with one attached hydrogen (secondary N) is 2. The maximum atomic E-state index is 13.6. The van der Waals surface area contributed by atoms with Crippen LogP contribution in [0.2, 0.25) is 5.02 Å². The van der Waals surface area contributed by atoms with Crippen LogP contribution in [0.25, 0.3) is 0 Å². The first-order chi connectivity index (χ1) is 9.45. The van der Waals surface area contributed by atoms with E-state index >= 15 is 0 Å². The van der Waals surface area contributed by atoms with Crippen molar-refractivity contribution in [3.05, 3.63) is 34.6 Å². The molecule has 0 heterocycles. The van der Waals surface area contributed by atoms with Crippen LogP contribution in [0.4, 0.5) is 4.39 Å². The average Bonchev–Trinajstić information content (AvgIpc) is 2.40. The molecule has 0 aromatic heterocycles. The number of hydrogen-bond donors (Lipinski definition) is 2. The quantitative estimate of drug-likeness (QED) is 0.647. The van der Waals surface area contributed by atoms with Crippen molar-refractivity contribution in [1.82, 2.24) is 10.6 Å². The first kappa shape index (κ1) is 16.8. The molecule has 5 heteroatoms. The Morgan fingerprint density at radius 3 is 2.60 bits per heavy atom. The summed E-state index contributed by atoms with van der Waals surface area (Å²) in [4.78, 5) is 4.15. The molecule has 1 unspecified atom stereocenters. The molecule has 20 heavy (non-hydrogen) atoms. The van der Waals surface area contributed by atoms with Crippen LogP contribution >= 0.6 is 11.6 Å². The third-order valence-electron chi connectivity index (χ3n) is 3.32. The molecule has 0 fully saturated rings. The number of guanidine groups is 1. The second-order valence-corrected chi connectivity index (χ2v) is 5.53. The Morgan fingerprint density at radius 2 is 2.05 bits per heavy atom. The lowest BCUT2D eigenvalue weighted by Gasteiger charge is -2.20. The molecule has 1 atom stereocenters. The zero-order valence-corrected chi connectivity index (χ0v) is 13.3. The maximum Gasteiger partial charge on any atom is 0.191 e. The predicted molar refractivity (Wildman–Crippen MR) is 83.9 cm³/mol. The number of halogens is 2. The molecule has 0 bridgehead atoms. The van der Waals surface area contributed by atoms with E-state index < -0.39 is 0 Å². The molecule has 0 radical (unpaired) electrons. The molecule has 2 N–H and O–H groups in total. The van der Waals surface area contributed by atoms with Crippen LogP contribution in [0.3, 0.4) is 0 Å². The molecule has 1 rings (SSSR count). The van der Waals surface area contributed by atoms with E-state index in [1.807, 2.05) is 0 Å². The third-order valence-corrected chi connectivity index (χ3v) is 3.67. The Balaban J connectivity index is 2.50. The van der Waals surface area contributed by atoms with E-state index in [2.05, 4.69) is 36.4 Å². The Hall–Kier alpha value is -1.29. The molecule has 0 aliphatic heterocycles. The molecule has 1 aromatic rings. The van der Waals surface area contributed by atoms with Gasteiger partial charge in [-0.2, -0.15) is 0 Å². The largest absolute Gasteiger partial charge is 0.356 e. The fourth-order valence-electron chi connectivity index (χ4n) is 1.65. The van der Waals surface area contributed by atoms with Gasteiger partial charge in [-0.15, -0.1) is 0 Å². The smallest absolute Gasteiger partial charge is 0.191 e. The molecule has 0 aliphatic carbocycles. The lowest BCUT2D eigenvalue weighted by Crippen LogP contribution is -2.44. The fraction of sp³-hybridized carbons (Fsp3) is 0.533. The maximum absolute atomic E-state index is 13.6. The second kappa shape index (κ2) is 8.10. The minimum atomic E-state index is -0.266. The number of benzene rings is 1. The third kappa shape index (κ3) is 5.00. The molecule has 0 amide bonds. The topological polar surface area (TPSA) is 36.4 Å². The van der Waals surface area contributed by atoms with Gasteiger partial charge in [0, 0.05) is 30.2 Å². The summed E-state index contributed by atoms with van der Waals surface area (Å²) >= 11 is 5.99. The van der Waals surface area contributed by atoms with E-state index in [0.717, 1.165) is 5.96 Å². The van der Waals surface area contributed by atoms with Gasteiger partial charge in [0.25, 0.3) is 0 Å². The highest BCUT2D eigenvalue weighted by molar-refractivity contribution is 6.31. The number of rotatable bonds is 5. The second-order valence-electron chi connectivity index (χ2n) is 5.13. The summed E-state index contributed by atoms with van der Waals surface area (Å²) in [6.07, 6.45) is 0.516. The molecular formula is C15H23ClFN3. The van der Waals surface area contributed by atoms with E-state index in [4.69, 9.17) is 11.6 Å². The van der Waals surface area contributed by atoms with Gasteiger partial charge < -0.3 is 10.6 Å². The van der Waals surface area contributed by atoms with Crippen LogP contribution in [-0.2, 0) is 6.42 Å². The zero-order chi connectivity index (χ0) is 15.1. The van der Waals surface area contributed by atoms with E-state index in [-0.39, 0.29) is 5.82 Å². The van der Waals surface area contributed by atoms with Gasteiger partial charge in [0.05, 0.1) is 0 Å². The standard InChI is InChI=1S/C15H23ClFN3/c1-10(2)11(3)20-15(18-4)19-9-8-12-13(16)6-5-7-14(12)17/h5-7,10-11H,8-9H2,1-4H3,(H2,18,19,20). The summed E-state index contributed by atoms with van der Waals surface area (Å²) in [5, 5.41) is 6.93. The van der Waals surface area contributed by atoms with Gasteiger partial charge in [-0.3, -0.25) is 4.99 Å². The van der Waals surface area contributed by atoms with Gasteiger partial charge in [0.15, 0.2) is 5.96 Å². The van der Waals surface area contributed by atoms with Crippen molar-refractivity contribution in [2.45, 2.75) is 33.2 Å².